The van der Waals surface area contributed by atoms with Crippen LogP contribution in [0.25, 0.3) is 6.08 Å². The van der Waals surface area contributed by atoms with Crippen LogP contribution in [0.4, 0.5) is 0 Å². The molecule has 3 saturated carbocycles. The van der Waals surface area contributed by atoms with Crippen LogP contribution in [0.1, 0.15) is 112 Å². The highest BCUT2D eigenvalue weighted by molar-refractivity contribution is 5.87. The molecule has 1 aromatic rings. The van der Waals surface area contributed by atoms with Gasteiger partial charge in [-0.1, -0.05) is 78.3 Å². The number of hydrogen-bond acceptors (Lipinski definition) is 4. The van der Waals surface area contributed by atoms with Crippen LogP contribution in [0.3, 0.4) is 0 Å². The summed E-state index contributed by atoms with van der Waals surface area (Å²) in [4.78, 5) is 12.7. The zero-order valence-electron chi connectivity index (χ0n) is 27.7. The predicted molar refractivity (Wildman–Crippen MR) is 175 cm³/mol. The molecule has 3 fully saturated rings. The highest BCUT2D eigenvalue weighted by Crippen LogP contribution is 2.71. The molecule has 0 aliphatic heterocycles. The van der Waals surface area contributed by atoms with E-state index in [2.05, 4.69) is 66.7 Å². The van der Waals surface area contributed by atoms with Gasteiger partial charge in [0.2, 0.25) is 0 Å². The fraction of sp³-hybridized carbons (Fsp3) is 0.667. The Labute approximate surface area is 260 Å². The topological polar surface area (TPSA) is 66.8 Å². The van der Waals surface area contributed by atoms with Crippen molar-refractivity contribution in [1.29, 1.82) is 0 Å². The van der Waals surface area contributed by atoms with Gasteiger partial charge in [0.1, 0.15) is 6.10 Å². The van der Waals surface area contributed by atoms with Crippen molar-refractivity contribution in [3.63, 3.8) is 0 Å². The van der Waals surface area contributed by atoms with Crippen LogP contribution in [-0.2, 0) is 9.53 Å². The first-order chi connectivity index (χ1) is 20.3. The fourth-order valence-corrected chi connectivity index (χ4v) is 10.6. The molecule has 4 heteroatoms. The molecular formula is C39H56O4. The van der Waals surface area contributed by atoms with Gasteiger partial charge in [-0.25, -0.2) is 4.79 Å². The summed E-state index contributed by atoms with van der Waals surface area (Å²) >= 11 is 0. The lowest BCUT2D eigenvalue weighted by Gasteiger charge is -2.63. The van der Waals surface area contributed by atoms with E-state index in [1.807, 2.05) is 0 Å². The minimum absolute atomic E-state index is 0.0933. The Morgan fingerprint density at radius 1 is 0.977 bits per heavy atom. The van der Waals surface area contributed by atoms with Gasteiger partial charge in [-0.2, -0.15) is 0 Å². The molecule has 1 unspecified atom stereocenters. The van der Waals surface area contributed by atoms with E-state index in [1.54, 1.807) is 12.1 Å². The average molecular weight is 589 g/mol. The normalized spacial score (nSPS) is 37.1. The molecule has 0 bridgehead atoms. The summed E-state index contributed by atoms with van der Waals surface area (Å²) < 4.78 is 5.93. The number of aromatic hydroxyl groups is 2. The lowest BCUT2D eigenvalue weighted by Crippen LogP contribution is -2.56. The number of phenols is 2. The number of allylic oxidation sites excluding steroid dienone is 3. The summed E-state index contributed by atoms with van der Waals surface area (Å²) in [5.74, 6) is 3.51. The Kier molecular flexibility index (Phi) is 9.00. The highest BCUT2D eigenvalue weighted by atomic mass is 16.5. The van der Waals surface area contributed by atoms with Crippen LogP contribution in [0, 0.1) is 51.8 Å². The lowest BCUT2D eigenvalue weighted by molar-refractivity contribution is -0.147. The van der Waals surface area contributed by atoms with Gasteiger partial charge in [0, 0.05) is 12.5 Å². The van der Waals surface area contributed by atoms with Crippen molar-refractivity contribution in [3.8, 4) is 11.5 Å². The number of benzene rings is 1. The second-order valence-corrected chi connectivity index (χ2v) is 15.6. The van der Waals surface area contributed by atoms with Gasteiger partial charge < -0.3 is 14.9 Å². The maximum absolute atomic E-state index is 12.7. The SMILES string of the molecule is CC[C@@H](/C=C/C(C)[C@H]1CC[C@@H]2[C@]1(C)CC[C@H]1[C@@]2(C)CC=C2C[C@@H](OC(=O)/C=C/c3ccc(O)c(O)c3)CC[C@@]21C)C(C)C. The Morgan fingerprint density at radius 2 is 1.74 bits per heavy atom. The molecule has 4 aliphatic rings. The first kappa shape index (κ1) is 31.9. The van der Waals surface area contributed by atoms with Gasteiger partial charge >= 0.3 is 5.97 Å². The second-order valence-electron chi connectivity index (χ2n) is 15.6. The van der Waals surface area contributed by atoms with Gasteiger partial charge in [0.15, 0.2) is 11.5 Å². The standard InChI is InChI=1S/C39H56O4/c1-8-28(25(2)3)12-9-26(4)31-13-15-34-38(31,6)22-19-35-37(5)21-18-30(24-29(37)17-20-39(34,35)7)43-36(42)16-11-27-10-14-32(40)33(41)23-27/h9-12,14,16-17,23,25-26,28,30-31,34-35,40-41H,8,13,15,18-22,24H2,1-7H3/b12-9+,16-11+/t26?,28-,30-,31+,34+,35+,37-,38+,39-/m0/s1. The summed E-state index contributed by atoms with van der Waals surface area (Å²) in [6.07, 6.45) is 21.2. The number of hydrogen-bond donors (Lipinski definition) is 2. The number of rotatable bonds is 8. The third-order valence-electron chi connectivity index (χ3n) is 13.0. The van der Waals surface area contributed by atoms with Gasteiger partial charge in [0.25, 0.3) is 0 Å². The molecular weight excluding hydrogens is 532 g/mol. The quantitative estimate of drug-likeness (QED) is 0.137. The predicted octanol–water partition coefficient (Wildman–Crippen LogP) is 9.87. The second kappa shape index (κ2) is 12.1. The summed E-state index contributed by atoms with van der Waals surface area (Å²) in [6.45, 7) is 17.3. The first-order valence-electron chi connectivity index (χ1n) is 17.1. The van der Waals surface area contributed by atoms with Gasteiger partial charge in [0.05, 0.1) is 0 Å². The molecule has 4 aliphatic carbocycles. The largest absolute Gasteiger partial charge is 0.504 e. The van der Waals surface area contributed by atoms with E-state index in [0.717, 1.165) is 37.5 Å². The van der Waals surface area contributed by atoms with E-state index in [0.29, 0.717) is 40.1 Å². The molecule has 236 valence electrons. The van der Waals surface area contributed by atoms with Crippen LogP contribution >= 0.6 is 0 Å². The van der Waals surface area contributed by atoms with Gasteiger partial charge in [-0.05, 0) is 127 Å². The molecule has 1 aromatic carbocycles. The lowest BCUT2D eigenvalue weighted by atomic mass is 9.41. The molecule has 43 heavy (non-hydrogen) atoms. The zero-order valence-corrected chi connectivity index (χ0v) is 27.7. The average Bonchev–Trinajstić information content (AvgIpc) is 3.32. The minimum atomic E-state index is -0.352. The molecule has 0 heterocycles. The van der Waals surface area contributed by atoms with Crippen LogP contribution in [0.5, 0.6) is 11.5 Å². The number of fused-ring (bicyclic) bond motifs is 5. The Balaban J connectivity index is 1.26. The number of carbonyl (C=O) groups excluding carboxylic acids is 1. The van der Waals surface area contributed by atoms with E-state index < -0.39 is 0 Å². The molecule has 0 amide bonds. The van der Waals surface area contributed by atoms with Gasteiger partial charge in [-0.3, -0.25) is 0 Å². The molecule has 5 rings (SSSR count). The maximum atomic E-state index is 12.7. The van der Waals surface area contributed by atoms with Crippen LogP contribution in [0.2, 0.25) is 0 Å². The molecule has 0 radical (unpaired) electrons. The van der Waals surface area contributed by atoms with Crippen molar-refractivity contribution in [2.75, 3.05) is 0 Å². The van der Waals surface area contributed by atoms with E-state index >= 15 is 0 Å². The fourth-order valence-electron chi connectivity index (χ4n) is 10.6. The van der Waals surface area contributed by atoms with Crippen molar-refractivity contribution < 1.29 is 19.7 Å². The van der Waals surface area contributed by atoms with Crippen LogP contribution < -0.4 is 0 Å². The van der Waals surface area contributed by atoms with Crippen molar-refractivity contribution in [2.24, 2.45) is 51.8 Å². The van der Waals surface area contributed by atoms with E-state index in [4.69, 9.17) is 4.74 Å². The molecule has 0 spiro atoms. The molecule has 2 N–H and O–H groups in total. The molecule has 0 aromatic heterocycles. The van der Waals surface area contributed by atoms with Crippen LogP contribution in [-0.4, -0.2) is 22.3 Å². The Bertz CT molecular complexity index is 1270. The van der Waals surface area contributed by atoms with Gasteiger partial charge in [-0.15, -0.1) is 0 Å². The summed E-state index contributed by atoms with van der Waals surface area (Å²) in [5.41, 5.74) is 3.08. The van der Waals surface area contributed by atoms with Crippen molar-refractivity contribution in [3.05, 3.63) is 53.6 Å². The monoisotopic (exact) mass is 588 g/mol. The highest BCUT2D eigenvalue weighted by Gasteiger charge is 2.64. The molecule has 0 saturated heterocycles. The number of carbonyl (C=O) groups is 1. The van der Waals surface area contributed by atoms with E-state index in [1.165, 1.54) is 55.9 Å². The molecule has 4 nitrogen and oxygen atoms in total. The van der Waals surface area contributed by atoms with Crippen molar-refractivity contribution in [2.45, 2.75) is 112 Å². The van der Waals surface area contributed by atoms with Crippen molar-refractivity contribution >= 4 is 12.0 Å². The Hall–Kier alpha value is -2.49. The first-order valence-corrected chi connectivity index (χ1v) is 17.1. The maximum Gasteiger partial charge on any atom is 0.331 e. The smallest absolute Gasteiger partial charge is 0.331 e. The summed E-state index contributed by atoms with van der Waals surface area (Å²) in [5, 5.41) is 19.2. The molecule has 9 atom stereocenters. The summed E-state index contributed by atoms with van der Waals surface area (Å²) in [6, 6.07) is 4.50. The number of ether oxygens (including phenoxy) is 1. The summed E-state index contributed by atoms with van der Waals surface area (Å²) in [7, 11) is 0. The third kappa shape index (κ3) is 5.85. The number of esters is 1. The van der Waals surface area contributed by atoms with Crippen molar-refractivity contribution in [1.82, 2.24) is 0 Å². The van der Waals surface area contributed by atoms with E-state index in [9.17, 15) is 15.0 Å². The minimum Gasteiger partial charge on any atom is -0.504 e. The Morgan fingerprint density at radius 3 is 2.44 bits per heavy atom. The van der Waals surface area contributed by atoms with E-state index in [-0.39, 0.29) is 29.0 Å². The zero-order chi connectivity index (χ0) is 31.2. The van der Waals surface area contributed by atoms with Crippen LogP contribution in [0.15, 0.2) is 48.1 Å². The third-order valence-corrected chi connectivity index (χ3v) is 13.0. The number of phenolic OH excluding ortho intramolecular Hbond substituents is 2.